The lowest BCUT2D eigenvalue weighted by atomic mass is 10.1. The van der Waals surface area contributed by atoms with Gasteiger partial charge in [0.25, 0.3) is 0 Å². The van der Waals surface area contributed by atoms with E-state index in [0.717, 1.165) is 12.0 Å². The van der Waals surface area contributed by atoms with Gasteiger partial charge in [-0.1, -0.05) is 6.92 Å². The van der Waals surface area contributed by atoms with E-state index in [9.17, 15) is 4.79 Å². The molecule has 0 spiro atoms. The molecule has 0 aliphatic heterocycles. The van der Waals surface area contributed by atoms with Crippen LogP contribution in [0.25, 0.3) is 0 Å². The average Bonchev–Trinajstić information content (AvgIpc) is 2.36. The Morgan fingerprint density at radius 2 is 2.12 bits per heavy atom. The normalized spacial score (nSPS) is 12.2. The highest BCUT2D eigenvalue weighted by Crippen LogP contribution is 2.08. The molecule has 1 amide bonds. The summed E-state index contributed by atoms with van der Waals surface area (Å²) in [7, 11) is 1.83. The van der Waals surface area contributed by atoms with Gasteiger partial charge in [-0.15, -0.1) is 0 Å². The Morgan fingerprint density at radius 1 is 1.47 bits per heavy atom. The first kappa shape index (κ1) is 13.6. The molecule has 0 saturated heterocycles. The quantitative estimate of drug-likeness (QED) is 0.811. The van der Waals surface area contributed by atoms with Crippen LogP contribution < -0.4 is 5.73 Å². The van der Waals surface area contributed by atoms with Crippen LogP contribution in [-0.4, -0.2) is 29.4 Å². The number of amides is 1. The first-order valence-electron chi connectivity index (χ1n) is 5.96. The fraction of sp³-hybridized carbons (Fsp3) is 0.538. The molecule has 1 aromatic rings. The van der Waals surface area contributed by atoms with Crippen LogP contribution in [0.3, 0.4) is 0 Å². The van der Waals surface area contributed by atoms with Gasteiger partial charge < -0.3 is 10.6 Å². The highest BCUT2D eigenvalue weighted by atomic mass is 16.2. The molecular weight excluding hydrogens is 214 g/mol. The zero-order chi connectivity index (χ0) is 12.7. The van der Waals surface area contributed by atoms with Gasteiger partial charge in [0.1, 0.15) is 0 Å². The van der Waals surface area contributed by atoms with E-state index in [0.29, 0.717) is 25.4 Å². The minimum atomic E-state index is 0.169. The second-order valence-electron chi connectivity index (χ2n) is 4.48. The van der Waals surface area contributed by atoms with Crippen LogP contribution >= 0.6 is 0 Å². The molecule has 2 N–H and O–H groups in total. The number of hydrogen-bond acceptors (Lipinski definition) is 3. The number of aromatic nitrogens is 1. The molecule has 1 atom stereocenters. The first-order valence-corrected chi connectivity index (χ1v) is 5.96. The van der Waals surface area contributed by atoms with E-state index in [1.165, 1.54) is 0 Å². The number of nitrogens with two attached hydrogens (primary N) is 1. The molecule has 0 aliphatic rings. The van der Waals surface area contributed by atoms with Crippen LogP contribution in [-0.2, 0) is 11.3 Å². The molecule has 1 rings (SSSR count). The number of rotatable bonds is 6. The monoisotopic (exact) mass is 235 g/mol. The Balaban J connectivity index is 2.37. The van der Waals surface area contributed by atoms with Gasteiger partial charge in [-0.3, -0.25) is 9.78 Å². The van der Waals surface area contributed by atoms with Gasteiger partial charge in [0.15, 0.2) is 0 Å². The van der Waals surface area contributed by atoms with Crippen LogP contribution in [0.5, 0.6) is 0 Å². The summed E-state index contributed by atoms with van der Waals surface area (Å²) in [4.78, 5) is 17.5. The molecule has 1 unspecified atom stereocenters. The van der Waals surface area contributed by atoms with Gasteiger partial charge in [-0.2, -0.15) is 0 Å². The first-order chi connectivity index (χ1) is 8.13. The molecule has 0 bridgehead atoms. The maximum absolute atomic E-state index is 11.8. The second-order valence-corrected chi connectivity index (χ2v) is 4.48. The van der Waals surface area contributed by atoms with Crippen molar-refractivity contribution in [3.05, 3.63) is 30.1 Å². The van der Waals surface area contributed by atoms with E-state index in [2.05, 4.69) is 11.9 Å². The van der Waals surface area contributed by atoms with Crippen molar-refractivity contribution < 1.29 is 4.79 Å². The van der Waals surface area contributed by atoms with Gasteiger partial charge in [0.2, 0.25) is 5.91 Å². The van der Waals surface area contributed by atoms with E-state index in [1.54, 1.807) is 17.3 Å². The standard InChI is InChI=1S/C13H21N3O/c1-11(9-14)3-4-13(17)16(2)10-12-5-7-15-8-6-12/h5-8,11H,3-4,9-10,14H2,1-2H3. The molecule has 0 radical (unpaired) electrons. The van der Waals surface area contributed by atoms with Gasteiger partial charge in [-0.05, 0) is 36.6 Å². The van der Waals surface area contributed by atoms with Crippen LogP contribution in [0, 0.1) is 5.92 Å². The Morgan fingerprint density at radius 3 is 2.71 bits per heavy atom. The van der Waals surface area contributed by atoms with Crippen molar-refractivity contribution in [2.75, 3.05) is 13.6 Å². The molecule has 0 aromatic carbocycles. The van der Waals surface area contributed by atoms with E-state index in [-0.39, 0.29) is 5.91 Å². The topological polar surface area (TPSA) is 59.2 Å². The maximum Gasteiger partial charge on any atom is 0.222 e. The summed E-state index contributed by atoms with van der Waals surface area (Å²) in [5.41, 5.74) is 6.63. The number of hydrogen-bond donors (Lipinski definition) is 1. The largest absolute Gasteiger partial charge is 0.341 e. The van der Waals surface area contributed by atoms with E-state index < -0.39 is 0 Å². The Hall–Kier alpha value is -1.42. The van der Waals surface area contributed by atoms with Crippen molar-refractivity contribution in [3.63, 3.8) is 0 Å². The maximum atomic E-state index is 11.8. The Bertz CT molecular complexity index is 340. The number of carbonyl (C=O) groups excluding carboxylic acids is 1. The van der Waals surface area contributed by atoms with Crippen molar-refractivity contribution in [1.82, 2.24) is 9.88 Å². The molecule has 94 valence electrons. The van der Waals surface area contributed by atoms with Crippen molar-refractivity contribution in [2.24, 2.45) is 11.7 Å². The van der Waals surface area contributed by atoms with Crippen molar-refractivity contribution in [2.45, 2.75) is 26.3 Å². The van der Waals surface area contributed by atoms with Crippen molar-refractivity contribution >= 4 is 5.91 Å². The van der Waals surface area contributed by atoms with Gasteiger partial charge in [0, 0.05) is 32.4 Å². The van der Waals surface area contributed by atoms with E-state index in [1.807, 2.05) is 19.2 Å². The third-order valence-electron chi connectivity index (χ3n) is 2.85. The van der Waals surface area contributed by atoms with Crippen LogP contribution in [0.15, 0.2) is 24.5 Å². The van der Waals surface area contributed by atoms with Crippen molar-refractivity contribution in [1.29, 1.82) is 0 Å². The molecule has 4 heteroatoms. The van der Waals surface area contributed by atoms with Gasteiger partial charge in [-0.25, -0.2) is 0 Å². The molecule has 17 heavy (non-hydrogen) atoms. The Labute approximate surface area is 103 Å². The lowest BCUT2D eigenvalue weighted by Crippen LogP contribution is -2.26. The highest BCUT2D eigenvalue weighted by molar-refractivity contribution is 5.75. The zero-order valence-electron chi connectivity index (χ0n) is 10.6. The lowest BCUT2D eigenvalue weighted by Gasteiger charge is -2.18. The molecular formula is C13H21N3O. The van der Waals surface area contributed by atoms with Gasteiger partial charge >= 0.3 is 0 Å². The summed E-state index contributed by atoms with van der Waals surface area (Å²) in [5.74, 6) is 0.579. The third kappa shape index (κ3) is 4.95. The molecule has 1 aromatic heterocycles. The van der Waals surface area contributed by atoms with E-state index in [4.69, 9.17) is 5.73 Å². The SMILES string of the molecule is CC(CN)CCC(=O)N(C)Cc1ccncc1. The van der Waals surface area contributed by atoms with E-state index >= 15 is 0 Å². The Kier molecular flexibility index (Phi) is 5.63. The fourth-order valence-electron chi connectivity index (χ4n) is 1.53. The third-order valence-corrected chi connectivity index (χ3v) is 2.85. The predicted octanol–water partition coefficient (Wildman–Crippen LogP) is 1.41. The molecule has 0 aliphatic carbocycles. The van der Waals surface area contributed by atoms with Gasteiger partial charge in [0.05, 0.1) is 0 Å². The van der Waals surface area contributed by atoms with Crippen LogP contribution in [0.1, 0.15) is 25.3 Å². The highest BCUT2D eigenvalue weighted by Gasteiger charge is 2.10. The summed E-state index contributed by atoms with van der Waals surface area (Å²) in [6, 6.07) is 3.85. The molecule has 4 nitrogen and oxygen atoms in total. The molecule has 0 saturated carbocycles. The molecule has 0 fully saturated rings. The molecule has 1 heterocycles. The summed E-state index contributed by atoms with van der Waals surface area (Å²) in [6.07, 6.45) is 4.91. The number of pyridine rings is 1. The van der Waals surface area contributed by atoms with Crippen molar-refractivity contribution in [3.8, 4) is 0 Å². The number of nitrogens with zero attached hydrogens (tertiary/aromatic N) is 2. The van der Waals surface area contributed by atoms with Crippen LogP contribution in [0.4, 0.5) is 0 Å². The predicted molar refractivity (Wildman–Crippen MR) is 68.2 cm³/mol. The summed E-state index contributed by atoms with van der Waals surface area (Å²) in [5, 5.41) is 0. The second kappa shape index (κ2) is 7.01. The summed E-state index contributed by atoms with van der Waals surface area (Å²) >= 11 is 0. The van der Waals surface area contributed by atoms with Crippen LogP contribution in [0.2, 0.25) is 0 Å². The smallest absolute Gasteiger partial charge is 0.222 e. The average molecular weight is 235 g/mol. The minimum Gasteiger partial charge on any atom is -0.341 e. The lowest BCUT2D eigenvalue weighted by molar-refractivity contribution is -0.130. The summed E-state index contributed by atoms with van der Waals surface area (Å²) < 4.78 is 0. The zero-order valence-corrected chi connectivity index (χ0v) is 10.6. The fourth-order valence-corrected chi connectivity index (χ4v) is 1.53. The minimum absolute atomic E-state index is 0.169. The number of carbonyl (C=O) groups is 1. The summed E-state index contributed by atoms with van der Waals surface area (Å²) in [6.45, 7) is 3.34.